The van der Waals surface area contributed by atoms with E-state index in [0.717, 1.165) is 18.8 Å². The summed E-state index contributed by atoms with van der Waals surface area (Å²) in [5.74, 6) is 0.582. The van der Waals surface area contributed by atoms with Crippen LogP contribution in [-0.2, 0) is 0 Å². The van der Waals surface area contributed by atoms with E-state index in [-0.39, 0.29) is 0 Å². The molecule has 1 aliphatic rings. The summed E-state index contributed by atoms with van der Waals surface area (Å²) in [5, 5.41) is 7.16. The number of hydrogen-bond acceptors (Lipinski definition) is 3. The molecule has 2 heterocycles. The van der Waals surface area contributed by atoms with Crippen LogP contribution in [0, 0.1) is 0 Å². The van der Waals surface area contributed by atoms with Crippen molar-refractivity contribution in [3.63, 3.8) is 0 Å². The fourth-order valence-electron chi connectivity index (χ4n) is 1.34. The third-order valence-electron chi connectivity index (χ3n) is 1.94. The van der Waals surface area contributed by atoms with Gasteiger partial charge in [-0.15, -0.1) is 0 Å². The highest BCUT2D eigenvalue weighted by atomic mass is 16.5. The van der Waals surface area contributed by atoms with Crippen LogP contribution < -0.4 is 5.32 Å². The van der Waals surface area contributed by atoms with Gasteiger partial charge in [-0.2, -0.15) is 0 Å². The molecule has 54 valence electrons. The third-order valence-corrected chi connectivity index (χ3v) is 1.94. The van der Waals surface area contributed by atoms with E-state index in [4.69, 9.17) is 4.52 Å². The van der Waals surface area contributed by atoms with Crippen molar-refractivity contribution >= 4 is 0 Å². The summed E-state index contributed by atoms with van der Waals surface area (Å²) in [6.45, 7) is 2.16. The van der Waals surface area contributed by atoms with E-state index in [1.807, 2.05) is 6.07 Å². The average Bonchev–Trinajstić information content (AvgIpc) is 2.59. The Morgan fingerprint density at radius 2 is 2.70 bits per heavy atom. The molecule has 0 aliphatic carbocycles. The topological polar surface area (TPSA) is 38.1 Å². The van der Waals surface area contributed by atoms with Gasteiger partial charge in [0, 0.05) is 18.5 Å². The highest BCUT2D eigenvalue weighted by molar-refractivity contribution is 5.06. The maximum Gasteiger partial charge on any atom is 0.124 e. The van der Waals surface area contributed by atoms with Crippen LogP contribution in [0.1, 0.15) is 18.0 Å². The fourth-order valence-corrected chi connectivity index (χ4v) is 1.34. The van der Waals surface area contributed by atoms with Crippen molar-refractivity contribution in [1.82, 2.24) is 10.5 Å². The summed E-state index contributed by atoms with van der Waals surface area (Å²) in [4.78, 5) is 0. The Balaban J connectivity index is 2.12. The second-order valence-electron chi connectivity index (χ2n) is 2.61. The van der Waals surface area contributed by atoms with Crippen molar-refractivity contribution in [2.45, 2.75) is 12.3 Å². The van der Waals surface area contributed by atoms with Crippen LogP contribution in [0.25, 0.3) is 0 Å². The van der Waals surface area contributed by atoms with Crippen molar-refractivity contribution in [2.75, 3.05) is 13.1 Å². The number of hydrogen-bond donors (Lipinski definition) is 1. The van der Waals surface area contributed by atoms with Gasteiger partial charge < -0.3 is 9.84 Å². The summed E-state index contributed by atoms with van der Waals surface area (Å²) in [6.07, 6.45) is 2.82. The Morgan fingerprint density at radius 1 is 1.70 bits per heavy atom. The highest BCUT2D eigenvalue weighted by Crippen LogP contribution is 2.19. The standard InChI is InChI=1S/C7H10N2O/c1-3-8-5-6(1)7-2-4-10-9-7/h2,4,6,8H,1,3,5H2/t6-/m1/s1. The van der Waals surface area contributed by atoms with E-state index in [2.05, 4.69) is 10.5 Å². The lowest BCUT2D eigenvalue weighted by Gasteiger charge is -1.99. The monoisotopic (exact) mass is 138 g/mol. The summed E-state index contributed by atoms with van der Waals surface area (Å²) in [5.41, 5.74) is 1.09. The van der Waals surface area contributed by atoms with Crippen molar-refractivity contribution in [1.29, 1.82) is 0 Å². The van der Waals surface area contributed by atoms with Crippen LogP contribution >= 0.6 is 0 Å². The molecule has 0 aromatic carbocycles. The lowest BCUT2D eigenvalue weighted by Crippen LogP contribution is -2.07. The van der Waals surface area contributed by atoms with Gasteiger partial charge in [0.2, 0.25) is 0 Å². The van der Waals surface area contributed by atoms with Crippen LogP contribution in [0.15, 0.2) is 16.9 Å². The average molecular weight is 138 g/mol. The molecular formula is C7H10N2O. The predicted octanol–water partition coefficient (Wildman–Crippen LogP) is 0.751. The van der Waals surface area contributed by atoms with Gasteiger partial charge in [0.05, 0.1) is 5.69 Å². The van der Waals surface area contributed by atoms with Gasteiger partial charge in [-0.3, -0.25) is 0 Å². The normalized spacial score (nSPS) is 25.4. The van der Waals surface area contributed by atoms with E-state index in [0.29, 0.717) is 5.92 Å². The first kappa shape index (κ1) is 5.92. The number of aromatic nitrogens is 1. The molecule has 3 heteroatoms. The first-order chi connectivity index (χ1) is 4.97. The van der Waals surface area contributed by atoms with Gasteiger partial charge in [-0.25, -0.2) is 0 Å². The minimum atomic E-state index is 0.582. The lowest BCUT2D eigenvalue weighted by molar-refractivity contribution is 0.406. The smallest absolute Gasteiger partial charge is 0.124 e. The minimum absolute atomic E-state index is 0.582. The van der Waals surface area contributed by atoms with Gasteiger partial charge in [0.1, 0.15) is 6.26 Å². The van der Waals surface area contributed by atoms with Crippen molar-refractivity contribution in [3.05, 3.63) is 18.0 Å². The first-order valence-electron chi connectivity index (χ1n) is 3.58. The molecule has 1 atom stereocenters. The zero-order chi connectivity index (χ0) is 6.81. The van der Waals surface area contributed by atoms with Crippen LogP contribution in [0.5, 0.6) is 0 Å². The predicted molar refractivity (Wildman–Crippen MR) is 36.7 cm³/mol. The molecule has 0 radical (unpaired) electrons. The van der Waals surface area contributed by atoms with Gasteiger partial charge in [-0.05, 0) is 13.0 Å². The van der Waals surface area contributed by atoms with Gasteiger partial charge >= 0.3 is 0 Å². The van der Waals surface area contributed by atoms with Crippen LogP contribution in [0.3, 0.4) is 0 Å². The molecule has 1 N–H and O–H groups in total. The lowest BCUT2D eigenvalue weighted by atomic mass is 10.1. The van der Waals surface area contributed by atoms with Gasteiger partial charge in [0.15, 0.2) is 0 Å². The van der Waals surface area contributed by atoms with E-state index in [1.54, 1.807) is 6.26 Å². The molecule has 1 aliphatic heterocycles. The quantitative estimate of drug-likeness (QED) is 0.622. The molecule has 1 aromatic heterocycles. The molecule has 0 unspecified atom stereocenters. The third kappa shape index (κ3) is 0.926. The van der Waals surface area contributed by atoms with E-state index >= 15 is 0 Å². The Bertz CT molecular complexity index is 189. The Hall–Kier alpha value is -0.830. The molecule has 1 aromatic rings. The maximum absolute atomic E-state index is 4.75. The first-order valence-corrected chi connectivity index (χ1v) is 3.58. The van der Waals surface area contributed by atoms with Crippen LogP contribution in [-0.4, -0.2) is 18.2 Å². The summed E-state index contributed by atoms with van der Waals surface area (Å²) >= 11 is 0. The maximum atomic E-state index is 4.75. The van der Waals surface area contributed by atoms with Gasteiger partial charge in [-0.1, -0.05) is 5.16 Å². The SMILES string of the molecule is c1cc([C@@H]2CCNC2)no1. The number of rotatable bonds is 1. The van der Waals surface area contributed by atoms with Crippen LogP contribution in [0.2, 0.25) is 0 Å². The minimum Gasteiger partial charge on any atom is -0.365 e. The van der Waals surface area contributed by atoms with Crippen molar-refractivity contribution < 1.29 is 4.52 Å². The molecule has 0 amide bonds. The Kier molecular flexibility index (Phi) is 1.43. The molecule has 10 heavy (non-hydrogen) atoms. The van der Waals surface area contributed by atoms with Crippen LogP contribution in [0.4, 0.5) is 0 Å². The largest absolute Gasteiger partial charge is 0.365 e. The molecule has 2 rings (SSSR count). The molecule has 0 bridgehead atoms. The van der Waals surface area contributed by atoms with Crippen molar-refractivity contribution in [2.24, 2.45) is 0 Å². The molecule has 3 nitrogen and oxygen atoms in total. The zero-order valence-electron chi connectivity index (χ0n) is 5.71. The van der Waals surface area contributed by atoms with E-state index in [1.165, 1.54) is 6.42 Å². The van der Waals surface area contributed by atoms with E-state index < -0.39 is 0 Å². The molecule has 1 saturated heterocycles. The number of nitrogens with zero attached hydrogens (tertiary/aromatic N) is 1. The number of nitrogens with one attached hydrogen (secondary N) is 1. The highest BCUT2D eigenvalue weighted by Gasteiger charge is 2.18. The van der Waals surface area contributed by atoms with Gasteiger partial charge in [0.25, 0.3) is 0 Å². The Morgan fingerprint density at radius 3 is 3.30 bits per heavy atom. The second-order valence-corrected chi connectivity index (χ2v) is 2.61. The molecule has 1 fully saturated rings. The second kappa shape index (κ2) is 2.42. The fraction of sp³-hybridized carbons (Fsp3) is 0.571. The zero-order valence-corrected chi connectivity index (χ0v) is 5.71. The molecular weight excluding hydrogens is 128 g/mol. The van der Waals surface area contributed by atoms with Crippen molar-refractivity contribution in [3.8, 4) is 0 Å². The van der Waals surface area contributed by atoms with E-state index in [9.17, 15) is 0 Å². The molecule has 0 saturated carbocycles. The Labute approximate surface area is 59.4 Å². The summed E-state index contributed by atoms with van der Waals surface area (Å²) < 4.78 is 4.75. The summed E-state index contributed by atoms with van der Waals surface area (Å²) in [6, 6.07) is 1.94. The molecule has 0 spiro atoms. The summed E-state index contributed by atoms with van der Waals surface area (Å²) in [7, 11) is 0.